The number of benzene rings is 1. The van der Waals surface area contributed by atoms with Crippen LogP contribution in [0.2, 0.25) is 0 Å². The second-order valence-corrected chi connectivity index (χ2v) is 8.91. The first-order chi connectivity index (χ1) is 17.1. The number of rotatable bonds is 7. The number of nitrogens with two attached hydrogens (primary N) is 1. The Balaban J connectivity index is 1.40. The second kappa shape index (κ2) is 9.86. The summed E-state index contributed by atoms with van der Waals surface area (Å²) in [5.74, 6) is -0.205. The smallest absolute Gasteiger partial charge is 0.324 e. The molecule has 0 bridgehead atoms. The lowest BCUT2D eigenvalue weighted by Gasteiger charge is -2.18. The fraction of sp³-hybridized carbons (Fsp3) is 0.208. The van der Waals surface area contributed by atoms with Crippen LogP contribution in [0.25, 0.3) is 11.3 Å². The summed E-state index contributed by atoms with van der Waals surface area (Å²) < 4.78 is 23.5. The quantitative estimate of drug-likeness (QED) is 0.357. The van der Waals surface area contributed by atoms with Gasteiger partial charge in [-0.05, 0) is 39.0 Å². The van der Waals surface area contributed by atoms with E-state index in [1.165, 1.54) is 23.0 Å². The molecule has 0 atom stereocenters. The predicted octanol–water partition coefficient (Wildman–Crippen LogP) is 3.96. The molecule has 4 N–H and O–H groups in total. The van der Waals surface area contributed by atoms with Crippen molar-refractivity contribution in [3.05, 3.63) is 67.0 Å². The van der Waals surface area contributed by atoms with Gasteiger partial charge in [0.05, 0.1) is 23.1 Å². The van der Waals surface area contributed by atoms with Crippen LogP contribution in [-0.4, -0.2) is 36.5 Å². The number of primary amides is 1. The third-order valence-corrected chi connectivity index (χ3v) is 4.92. The van der Waals surface area contributed by atoms with E-state index in [4.69, 9.17) is 10.5 Å². The van der Waals surface area contributed by atoms with E-state index in [1.807, 2.05) is 20.8 Å². The molecule has 36 heavy (non-hydrogen) atoms. The molecule has 0 spiro atoms. The third kappa shape index (κ3) is 6.03. The Morgan fingerprint density at radius 2 is 1.89 bits per heavy atom. The van der Waals surface area contributed by atoms with Crippen LogP contribution in [0.5, 0.6) is 11.5 Å². The molecule has 3 aromatic heterocycles. The molecule has 4 rings (SSSR count). The monoisotopic (exact) mass is 492 g/mol. The van der Waals surface area contributed by atoms with Crippen molar-refractivity contribution in [2.45, 2.75) is 32.9 Å². The zero-order valence-corrected chi connectivity index (χ0v) is 19.9. The summed E-state index contributed by atoms with van der Waals surface area (Å²) >= 11 is 0. The molecule has 3 amide bonds. The van der Waals surface area contributed by atoms with Crippen molar-refractivity contribution in [2.24, 2.45) is 5.73 Å². The summed E-state index contributed by atoms with van der Waals surface area (Å²) in [7, 11) is 0. The van der Waals surface area contributed by atoms with Gasteiger partial charge in [0.2, 0.25) is 5.91 Å². The molecule has 1 aromatic carbocycles. The van der Waals surface area contributed by atoms with Gasteiger partial charge in [-0.15, -0.1) is 0 Å². The molecule has 12 heteroatoms. The molecule has 4 aromatic rings. The number of hydrogen-bond donors (Lipinski definition) is 3. The number of anilines is 2. The summed E-state index contributed by atoms with van der Waals surface area (Å²) in [6, 6.07) is 8.38. The lowest BCUT2D eigenvalue weighted by atomic mass is 10.1. The van der Waals surface area contributed by atoms with Crippen LogP contribution in [0.4, 0.5) is 20.7 Å². The van der Waals surface area contributed by atoms with Crippen LogP contribution < -0.4 is 21.1 Å². The van der Waals surface area contributed by atoms with Crippen LogP contribution in [0.3, 0.4) is 0 Å². The van der Waals surface area contributed by atoms with E-state index in [9.17, 15) is 14.0 Å². The molecular weight excluding hydrogens is 467 g/mol. The number of carbonyl (C=O) groups is 2. The Kier molecular flexibility index (Phi) is 6.68. The van der Waals surface area contributed by atoms with Crippen molar-refractivity contribution in [1.82, 2.24) is 24.5 Å². The summed E-state index contributed by atoms with van der Waals surface area (Å²) in [4.78, 5) is 27.6. The molecule has 11 nitrogen and oxygen atoms in total. The maximum absolute atomic E-state index is 14.7. The van der Waals surface area contributed by atoms with E-state index >= 15 is 0 Å². The molecule has 0 fully saturated rings. The average molecular weight is 493 g/mol. The minimum Gasteiger partial charge on any atom is -0.457 e. The SMILES string of the molecule is CC(C)(C)n1ccc(NC(=O)Nc2ccc(Oc3ccnc(-c4cnn(CC(N)=O)c4)c3)cc2F)n1. The number of carbonyl (C=O) groups excluding carboxylic acids is 2. The number of amides is 3. The van der Waals surface area contributed by atoms with Crippen LogP contribution in [-0.2, 0) is 16.9 Å². The fourth-order valence-electron chi connectivity index (χ4n) is 3.21. The fourth-order valence-corrected chi connectivity index (χ4v) is 3.21. The van der Waals surface area contributed by atoms with Gasteiger partial charge in [0.1, 0.15) is 23.9 Å². The van der Waals surface area contributed by atoms with Crippen molar-refractivity contribution in [3.8, 4) is 22.8 Å². The van der Waals surface area contributed by atoms with Gasteiger partial charge in [-0.2, -0.15) is 10.2 Å². The number of pyridine rings is 1. The normalized spacial score (nSPS) is 11.2. The number of urea groups is 1. The van der Waals surface area contributed by atoms with Crippen molar-refractivity contribution in [2.75, 3.05) is 10.6 Å². The number of halogens is 1. The minimum absolute atomic E-state index is 0.0209. The highest BCUT2D eigenvalue weighted by Crippen LogP contribution is 2.28. The first kappa shape index (κ1) is 24.4. The lowest BCUT2D eigenvalue weighted by Crippen LogP contribution is -2.24. The Morgan fingerprint density at radius 3 is 2.58 bits per heavy atom. The average Bonchev–Trinajstić information content (AvgIpc) is 3.45. The number of nitrogens with zero attached hydrogens (tertiary/aromatic N) is 5. The summed E-state index contributed by atoms with van der Waals surface area (Å²) in [5.41, 5.74) is 6.14. The van der Waals surface area contributed by atoms with Crippen molar-refractivity contribution < 1.29 is 18.7 Å². The van der Waals surface area contributed by atoms with Gasteiger partial charge in [0.25, 0.3) is 0 Å². The minimum atomic E-state index is -0.676. The molecule has 0 unspecified atom stereocenters. The van der Waals surface area contributed by atoms with E-state index in [1.54, 1.807) is 41.5 Å². The first-order valence-corrected chi connectivity index (χ1v) is 11.0. The van der Waals surface area contributed by atoms with Gasteiger partial charge in [-0.25, -0.2) is 9.18 Å². The van der Waals surface area contributed by atoms with E-state index < -0.39 is 17.8 Å². The molecule has 186 valence electrons. The van der Waals surface area contributed by atoms with Gasteiger partial charge in [0, 0.05) is 42.4 Å². The Hall–Kier alpha value is -4.74. The summed E-state index contributed by atoms with van der Waals surface area (Å²) in [5, 5.41) is 13.4. The maximum atomic E-state index is 14.7. The van der Waals surface area contributed by atoms with Gasteiger partial charge in [-0.1, -0.05) is 0 Å². The molecule has 0 radical (unpaired) electrons. The van der Waals surface area contributed by atoms with Gasteiger partial charge in [0.15, 0.2) is 5.82 Å². The standard InChI is InChI=1S/C24H25FN8O3/c1-24(2,3)33-9-7-22(31-33)30-23(35)29-19-5-4-16(10-18(19)25)36-17-6-8-27-20(11-17)15-12-28-32(13-15)14-21(26)34/h4-13H,14H2,1-3H3,(H2,26,34)(H2,29,30,31,35). The maximum Gasteiger partial charge on any atom is 0.324 e. The molecule has 3 heterocycles. The van der Waals surface area contributed by atoms with Gasteiger partial charge < -0.3 is 15.8 Å². The highest BCUT2D eigenvalue weighted by atomic mass is 19.1. The van der Waals surface area contributed by atoms with Crippen molar-refractivity contribution in [3.63, 3.8) is 0 Å². The van der Waals surface area contributed by atoms with E-state index in [-0.39, 0.29) is 23.5 Å². The number of hydrogen-bond acceptors (Lipinski definition) is 6. The number of ether oxygens (including phenoxy) is 1. The topological polar surface area (TPSA) is 142 Å². The lowest BCUT2D eigenvalue weighted by molar-refractivity contribution is -0.118. The molecule has 0 aliphatic heterocycles. The third-order valence-electron chi connectivity index (χ3n) is 4.92. The van der Waals surface area contributed by atoms with Crippen LogP contribution in [0, 0.1) is 5.82 Å². The molecular formula is C24H25FN8O3. The van der Waals surface area contributed by atoms with Crippen molar-refractivity contribution >= 4 is 23.4 Å². The van der Waals surface area contributed by atoms with E-state index in [0.717, 1.165) is 6.07 Å². The van der Waals surface area contributed by atoms with Gasteiger partial charge in [-0.3, -0.25) is 24.5 Å². The number of aromatic nitrogens is 5. The van der Waals surface area contributed by atoms with Crippen LogP contribution in [0.1, 0.15) is 20.8 Å². The molecule has 0 saturated heterocycles. The van der Waals surface area contributed by atoms with E-state index in [0.29, 0.717) is 22.8 Å². The molecule has 0 saturated carbocycles. The zero-order chi connectivity index (χ0) is 25.9. The largest absolute Gasteiger partial charge is 0.457 e. The van der Waals surface area contributed by atoms with E-state index in [2.05, 4.69) is 25.8 Å². The molecule has 0 aliphatic rings. The Bertz CT molecular complexity index is 1410. The molecule has 0 aliphatic carbocycles. The number of nitrogens with one attached hydrogen (secondary N) is 2. The van der Waals surface area contributed by atoms with Crippen LogP contribution >= 0.6 is 0 Å². The highest BCUT2D eigenvalue weighted by molar-refractivity contribution is 5.99. The Morgan fingerprint density at radius 1 is 1.11 bits per heavy atom. The van der Waals surface area contributed by atoms with Crippen LogP contribution in [0.15, 0.2) is 61.2 Å². The zero-order valence-electron chi connectivity index (χ0n) is 19.9. The second-order valence-electron chi connectivity index (χ2n) is 8.91. The highest BCUT2D eigenvalue weighted by Gasteiger charge is 2.16. The van der Waals surface area contributed by atoms with Crippen molar-refractivity contribution in [1.29, 1.82) is 0 Å². The first-order valence-electron chi connectivity index (χ1n) is 11.0. The summed E-state index contributed by atoms with van der Waals surface area (Å²) in [6.07, 6.45) is 6.47. The van der Waals surface area contributed by atoms with Gasteiger partial charge >= 0.3 is 6.03 Å². The Labute approximate surface area is 206 Å². The predicted molar refractivity (Wildman–Crippen MR) is 131 cm³/mol. The summed E-state index contributed by atoms with van der Waals surface area (Å²) in [6.45, 7) is 5.90.